The molecule has 0 atom stereocenters. The highest BCUT2D eigenvalue weighted by Crippen LogP contribution is 2.35. The average Bonchev–Trinajstić information content (AvgIpc) is 2.93. The predicted molar refractivity (Wildman–Crippen MR) is 61.2 cm³/mol. The number of carbonyl (C=O) groups is 1. The largest absolute Gasteiger partial charge is 0.437 e. The van der Waals surface area contributed by atoms with Gasteiger partial charge in [0.1, 0.15) is 5.82 Å². The normalized spacial score (nSPS) is 13.8. The van der Waals surface area contributed by atoms with Crippen molar-refractivity contribution in [3.05, 3.63) is 47.5 Å². The average molecular weight is 231 g/mol. The second-order valence-corrected chi connectivity index (χ2v) is 3.97. The number of furan rings is 1. The molecular weight excluding hydrogens is 221 g/mol. The lowest BCUT2D eigenvalue weighted by Gasteiger charge is -2.15. The SMILES string of the molecule is O=Cc1ccc(N2CCc3ccc(F)cc32)o1. The Hall–Kier alpha value is -2.10. The van der Waals surface area contributed by atoms with Crippen LogP contribution < -0.4 is 4.90 Å². The fourth-order valence-electron chi connectivity index (χ4n) is 2.13. The van der Waals surface area contributed by atoms with Gasteiger partial charge < -0.3 is 9.32 Å². The van der Waals surface area contributed by atoms with Crippen LogP contribution in [0.15, 0.2) is 34.7 Å². The van der Waals surface area contributed by atoms with E-state index < -0.39 is 0 Å². The number of aldehydes is 1. The lowest BCUT2D eigenvalue weighted by Crippen LogP contribution is -2.12. The molecule has 1 aliphatic heterocycles. The number of hydrogen-bond acceptors (Lipinski definition) is 3. The molecule has 0 aliphatic carbocycles. The summed E-state index contributed by atoms with van der Waals surface area (Å²) in [6.07, 6.45) is 1.51. The summed E-state index contributed by atoms with van der Waals surface area (Å²) in [6.45, 7) is 0.741. The van der Waals surface area contributed by atoms with Crippen molar-refractivity contribution in [1.82, 2.24) is 0 Å². The van der Waals surface area contributed by atoms with Crippen molar-refractivity contribution >= 4 is 17.9 Å². The zero-order valence-corrected chi connectivity index (χ0v) is 9.02. The Morgan fingerprint density at radius 3 is 2.94 bits per heavy atom. The molecule has 0 fully saturated rings. The summed E-state index contributed by atoms with van der Waals surface area (Å²) in [7, 11) is 0. The molecule has 1 aromatic carbocycles. The Bertz CT molecular complexity index is 577. The van der Waals surface area contributed by atoms with E-state index in [2.05, 4.69) is 0 Å². The number of anilines is 2. The second-order valence-electron chi connectivity index (χ2n) is 3.97. The first-order valence-electron chi connectivity index (χ1n) is 5.39. The van der Waals surface area contributed by atoms with Crippen molar-refractivity contribution in [2.75, 3.05) is 11.4 Å². The molecule has 1 aliphatic rings. The van der Waals surface area contributed by atoms with Gasteiger partial charge in [0, 0.05) is 18.3 Å². The Morgan fingerprint density at radius 1 is 1.29 bits per heavy atom. The van der Waals surface area contributed by atoms with Crippen molar-refractivity contribution in [2.45, 2.75) is 6.42 Å². The topological polar surface area (TPSA) is 33.5 Å². The summed E-state index contributed by atoms with van der Waals surface area (Å²) in [5, 5.41) is 0. The van der Waals surface area contributed by atoms with Crippen LogP contribution >= 0.6 is 0 Å². The van der Waals surface area contributed by atoms with E-state index in [1.54, 1.807) is 18.2 Å². The maximum absolute atomic E-state index is 13.2. The molecule has 3 rings (SSSR count). The fraction of sp³-hybridized carbons (Fsp3) is 0.154. The van der Waals surface area contributed by atoms with Gasteiger partial charge in [0.15, 0.2) is 12.0 Å². The lowest BCUT2D eigenvalue weighted by atomic mass is 10.2. The summed E-state index contributed by atoms with van der Waals surface area (Å²) in [4.78, 5) is 12.4. The van der Waals surface area contributed by atoms with Crippen molar-refractivity contribution in [3.63, 3.8) is 0 Å². The van der Waals surface area contributed by atoms with Crippen LogP contribution in [0.5, 0.6) is 0 Å². The fourth-order valence-corrected chi connectivity index (χ4v) is 2.13. The van der Waals surface area contributed by atoms with Gasteiger partial charge in [0.05, 0.1) is 0 Å². The standard InChI is InChI=1S/C13H10FNO2/c14-10-2-1-9-5-6-15(12(9)7-10)13-4-3-11(8-16)17-13/h1-4,7-8H,5-6H2. The summed E-state index contributed by atoms with van der Waals surface area (Å²) < 4.78 is 18.6. The van der Waals surface area contributed by atoms with Crippen molar-refractivity contribution in [2.24, 2.45) is 0 Å². The minimum Gasteiger partial charge on any atom is -0.437 e. The molecular formula is C13H10FNO2. The highest BCUT2D eigenvalue weighted by Gasteiger charge is 2.23. The number of halogens is 1. The Kier molecular flexibility index (Phi) is 2.21. The van der Waals surface area contributed by atoms with Gasteiger partial charge in [-0.2, -0.15) is 0 Å². The van der Waals surface area contributed by atoms with Crippen LogP contribution in [-0.4, -0.2) is 12.8 Å². The van der Waals surface area contributed by atoms with Crippen LogP contribution in [0.25, 0.3) is 0 Å². The van der Waals surface area contributed by atoms with Gasteiger partial charge in [0.2, 0.25) is 5.88 Å². The maximum Gasteiger partial charge on any atom is 0.200 e. The second kappa shape index (κ2) is 3.73. The molecule has 1 aromatic heterocycles. The van der Waals surface area contributed by atoms with Crippen LogP contribution in [-0.2, 0) is 6.42 Å². The Balaban J connectivity index is 2.02. The Labute approximate surface area is 97.5 Å². The van der Waals surface area contributed by atoms with Crippen molar-refractivity contribution in [3.8, 4) is 0 Å². The van der Waals surface area contributed by atoms with Gasteiger partial charge in [-0.05, 0) is 30.2 Å². The number of nitrogens with zero attached hydrogens (tertiary/aromatic N) is 1. The van der Waals surface area contributed by atoms with Crippen molar-refractivity contribution in [1.29, 1.82) is 0 Å². The van der Waals surface area contributed by atoms with Crippen LogP contribution in [0.3, 0.4) is 0 Å². The van der Waals surface area contributed by atoms with E-state index >= 15 is 0 Å². The van der Waals surface area contributed by atoms with Crippen LogP contribution in [0.4, 0.5) is 16.0 Å². The number of fused-ring (bicyclic) bond motifs is 1. The van der Waals surface area contributed by atoms with Gasteiger partial charge in [-0.1, -0.05) is 6.07 Å². The van der Waals surface area contributed by atoms with E-state index in [-0.39, 0.29) is 11.6 Å². The molecule has 3 nitrogen and oxygen atoms in total. The summed E-state index contributed by atoms with van der Waals surface area (Å²) in [5.74, 6) is 0.596. The number of hydrogen-bond donors (Lipinski definition) is 0. The van der Waals surface area contributed by atoms with Gasteiger partial charge in [-0.3, -0.25) is 4.79 Å². The first kappa shape index (κ1) is 10.1. The first-order chi connectivity index (χ1) is 8.28. The highest BCUT2D eigenvalue weighted by atomic mass is 19.1. The van der Waals surface area contributed by atoms with E-state index in [1.165, 1.54) is 12.1 Å². The molecule has 86 valence electrons. The van der Waals surface area contributed by atoms with Crippen molar-refractivity contribution < 1.29 is 13.6 Å². The number of rotatable bonds is 2. The van der Waals surface area contributed by atoms with Gasteiger partial charge >= 0.3 is 0 Å². The van der Waals surface area contributed by atoms with E-state index in [1.807, 2.05) is 4.90 Å². The van der Waals surface area contributed by atoms with E-state index in [9.17, 15) is 9.18 Å². The highest BCUT2D eigenvalue weighted by molar-refractivity contribution is 5.73. The molecule has 0 N–H and O–H groups in total. The van der Waals surface area contributed by atoms with E-state index in [0.29, 0.717) is 12.2 Å². The minimum atomic E-state index is -0.266. The summed E-state index contributed by atoms with van der Waals surface area (Å²) in [5.41, 5.74) is 1.91. The number of benzene rings is 1. The van der Waals surface area contributed by atoms with Crippen LogP contribution in [0.1, 0.15) is 16.1 Å². The molecule has 0 saturated heterocycles. The molecule has 4 heteroatoms. The quantitative estimate of drug-likeness (QED) is 0.745. The molecule has 0 bridgehead atoms. The lowest BCUT2D eigenvalue weighted by molar-refractivity contribution is 0.110. The number of carbonyl (C=O) groups excluding carboxylic acids is 1. The third kappa shape index (κ3) is 1.62. The third-order valence-electron chi connectivity index (χ3n) is 2.94. The molecule has 0 amide bonds. The first-order valence-corrected chi connectivity index (χ1v) is 5.39. The molecule has 2 heterocycles. The third-order valence-corrected chi connectivity index (χ3v) is 2.94. The van der Waals surface area contributed by atoms with E-state index in [4.69, 9.17) is 4.42 Å². The molecule has 0 saturated carbocycles. The van der Waals surface area contributed by atoms with Crippen LogP contribution in [0.2, 0.25) is 0 Å². The summed E-state index contributed by atoms with van der Waals surface area (Å²) in [6, 6.07) is 8.07. The zero-order chi connectivity index (χ0) is 11.8. The maximum atomic E-state index is 13.2. The molecule has 0 unspecified atom stereocenters. The monoisotopic (exact) mass is 231 g/mol. The van der Waals surface area contributed by atoms with Gasteiger partial charge in [-0.15, -0.1) is 0 Å². The molecule has 0 radical (unpaired) electrons. The van der Waals surface area contributed by atoms with Gasteiger partial charge in [0.25, 0.3) is 0 Å². The summed E-state index contributed by atoms with van der Waals surface area (Å²) >= 11 is 0. The molecule has 0 spiro atoms. The zero-order valence-electron chi connectivity index (χ0n) is 9.02. The molecule has 2 aromatic rings. The molecule has 17 heavy (non-hydrogen) atoms. The predicted octanol–water partition coefficient (Wildman–Crippen LogP) is 2.93. The minimum absolute atomic E-state index is 0.266. The smallest absolute Gasteiger partial charge is 0.200 e. The van der Waals surface area contributed by atoms with Crippen LogP contribution in [0, 0.1) is 5.82 Å². The van der Waals surface area contributed by atoms with Gasteiger partial charge in [-0.25, -0.2) is 4.39 Å². The van der Waals surface area contributed by atoms with E-state index in [0.717, 1.165) is 24.2 Å². The Morgan fingerprint density at radius 2 is 2.18 bits per heavy atom.